The lowest BCUT2D eigenvalue weighted by Crippen LogP contribution is -3.14. The molecule has 0 unspecified atom stereocenters. The number of ether oxygens (including phenoxy) is 1. The SMILES string of the molecule is CCOc1ccccc1/C=C1\SC(N2CC[NH+](CCC#N)CC2)=NC1=O. The third-order valence-corrected chi connectivity index (χ3v) is 5.49. The highest BCUT2D eigenvalue weighted by molar-refractivity contribution is 8.18. The van der Waals surface area contributed by atoms with Crippen molar-refractivity contribution in [1.82, 2.24) is 4.90 Å². The van der Waals surface area contributed by atoms with Gasteiger partial charge >= 0.3 is 0 Å². The second-order valence-corrected chi connectivity index (χ2v) is 7.19. The molecule has 3 rings (SSSR count). The minimum absolute atomic E-state index is 0.185. The Hall–Kier alpha value is -2.30. The number of aliphatic imine (C=N–C) groups is 1. The van der Waals surface area contributed by atoms with Crippen LogP contribution in [0, 0.1) is 11.3 Å². The van der Waals surface area contributed by atoms with Gasteiger partial charge in [-0.25, -0.2) is 0 Å². The minimum Gasteiger partial charge on any atom is -0.493 e. The average molecular weight is 371 g/mol. The van der Waals surface area contributed by atoms with Gasteiger partial charge < -0.3 is 14.5 Å². The third-order valence-electron chi connectivity index (χ3n) is 4.45. The van der Waals surface area contributed by atoms with Gasteiger partial charge in [0.2, 0.25) is 0 Å². The van der Waals surface area contributed by atoms with Crippen LogP contribution in [-0.2, 0) is 4.79 Å². The number of hydrogen-bond donors (Lipinski definition) is 1. The molecule has 0 radical (unpaired) electrons. The van der Waals surface area contributed by atoms with Crippen molar-refractivity contribution in [1.29, 1.82) is 5.26 Å². The number of hydrogen-bond acceptors (Lipinski definition) is 5. The maximum atomic E-state index is 12.3. The summed E-state index contributed by atoms with van der Waals surface area (Å²) in [5, 5.41) is 9.49. The van der Waals surface area contributed by atoms with E-state index in [1.165, 1.54) is 16.7 Å². The van der Waals surface area contributed by atoms with Crippen molar-refractivity contribution >= 4 is 28.9 Å². The van der Waals surface area contributed by atoms with E-state index < -0.39 is 0 Å². The predicted molar refractivity (Wildman–Crippen MR) is 103 cm³/mol. The van der Waals surface area contributed by atoms with Crippen LogP contribution in [0.25, 0.3) is 6.08 Å². The first kappa shape index (κ1) is 18.5. The van der Waals surface area contributed by atoms with Crippen LogP contribution in [0.15, 0.2) is 34.2 Å². The predicted octanol–water partition coefficient (Wildman–Crippen LogP) is 1.17. The molecule has 2 heterocycles. The lowest BCUT2D eigenvalue weighted by atomic mass is 10.2. The Kier molecular flexibility index (Phi) is 6.31. The van der Waals surface area contributed by atoms with Crippen molar-refractivity contribution in [3.05, 3.63) is 34.7 Å². The number of benzene rings is 1. The fraction of sp³-hybridized carbons (Fsp3) is 0.421. The molecule has 0 aliphatic carbocycles. The summed E-state index contributed by atoms with van der Waals surface area (Å²) in [4.78, 5) is 20.8. The van der Waals surface area contributed by atoms with Gasteiger partial charge in [-0.2, -0.15) is 10.3 Å². The van der Waals surface area contributed by atoms with Crippen molar-refractivity contribution < 1.29 is 14.4 Å². The van der Waals surface area contributed by atoms with Crippen molar-refractivity contribution in [3.8, 4) is 11.8 Å². The molecular weight excluding hydrogens is 348 g/mol. The van der Waals surface area contributed by atoms with Gasteiger partial charge in [-0.1, -0.05) is 18.2 Å². The molecule has 2 aliphatic heterocycles. The number of rotatable bonds is 5. The standard InChI is InChI=1S/C19H22N4O2S/c1-2-25-16-7-4-3-6-15(16)14-17-18(24)21-19(26-17)23-12-10-22(11-13-23)9-5-8-20/h3-4,6-7,14H,2,5,9-13H2,1H3/p+1/b17-14-. The zero-order valence-electron chi connectivity index (χ0n) is 14.9. The van der Waals surface area contributed by atoms with Crippen molar-refractivity contribution in [2.45, 2.75) is 13.3 Å². The van der Waals surface area contributed by atoms with Crippen LogP contribution in [0.5, 0.6) is 5.75 Å². The fourth-order valence-corrected chi connectivity index (χ4v) is 4.01. The zero-order chi connectivity index (χ0) is 18.4. The second-order valence-electron chi connectivity index (χ2n) is 6.18. The Balaban J connectivity index is 1.64. The molecule has 1 saturated heterocycles. The normalized spacial score (nSPS) is 19.5. The van der Waals surface area contributed by atoms with E-state index >= 15 is 0 Å². The number of amides is 1. The van der Waals surface area contributed by atoms with E-state index in [4.69, 9.17) is 10.00 Å². The number of carbonyl (C=O) groups is 1. The maximum Gasteiger partial charge on any atom is 0.286 e. The van der Waals surface area contributed by atoms with Crippen LogP contribution in [0.3, 0.4) is 0 Å². The number of piperazine rings is 1. The molecule has 0 aromatic heterocycles. The summed E-state index contributed by atoms with van der Waals surface area (Å²) in [5.74, 6) is 0.592. The Bertz CT molecular complexity index is 761. The topological polar surface area (TPSA) is 70.1 Å². The zero-order valence-corrected chi connectivity index (χ0v) is 15.7. The number of nitrogens with zero attached hydrogens (tertiary/aromatic N) is 3. The van der Waals surface area contributed by atoms with Crippen LogP contribution >= 0.6 is 11.8 Å². The van der Waals surface area contributed by atoms with E-state index in [9.17, 15) is 4.79 Å². The summed E-state index contributed by atoms with van der Waals surface area (Å²) >= 11 is 1.44. The molecule has 1 amide bonds. The number of nitriles is 1. The molecule has 2 aliphatic rings. The molecule has 0 saturated carbocycles. The van der Waals surface area contributed by atoms with Crippen molar-refractivity contribution in [2.75, 3.05) is 39.3 Å². The molecule has 1 fully saturated rings. The van der Waals surface area contributed by atoms with Crippen molar-refractivity contribution in [2.24, 2.45) is 4.99 Å². The summed E-state index contributed by atoms with van der Waals surface area (Å²) in [6.45, 7) is 7.09. The van der Waals surface area contributed by atoms with E-state index in [1.807, 2.05) is 37.3 Å². The highest BCUT2D eigenvalue weighted by Crippen LogP contribution is 2.32. The fourth-order valence-electron chi connectivity index (χ4n) is 3.06. The molecule has 1 aromatic carbocycles. The second kappa shape index (κ2) is 8.88. The number of carbonyl (C=O) groups excluding carboxylic acids is 1. The average Bonchev–Trinajstić information content (AvgIpc) is 3.03. The molecule has 136 valence electrons. The first-order chi connectivity index (χ1) is 12.7. The molecule has 1 aromatic rings. The van der Waals surface area contributed by atoms with Gasteiger partial charge in [0.05, 0.1) is 56.7 Å². The van der Waals surface area contributed by atoms with E-state index in [1.54, 1.807) is 0 Å². The summed E-state index contributed by atoms with van der Waals surface area (Å²) < 4.78 is 5.63. The van der Waals surface area contributed by atoms with Gasteiger partial charge in [-0.05, 0) is 30.8 Å². The smallest absolute Gasteiger partial charge is 0.286 e. The Morgan fingerprint density at radius 1 is 1.38 bits per heavy atom. The van der Waals surface area contributed by atoms with Gasteiger partial charge in [0.1, 0.15) is 5.75 Å². The molecule has 26 heavy (non-hydrogen) atoms. The van der Waals surface area contributed by atoms with Gasteiger partial charge in [0, 0.05) is 5.56 Å². The highest BCUT2D eigenvalue weighted by Gasteiger charge is 2.29. The van der Waals surface area contributed by atoms with Crippen molar-refractivity contribution in [3.63, 3.8) is 0 Å². The summed E-state index contributed by atoms with van der Waals surface area (Å²) in [5.41, 5.74) is 0.896. The first-order valence-corrected chi connectivity index (χ1v) is 9.72. The minimum atomic E-state index is -0.185. The number of nitrogens with one attached hydrogen (secondary N) is 1. The first-order valence-electron chi connectivity index (χ1n) is 8.91. The number of thioether (sulfide) groups is 1. The molecule has 0 bridgehead atoms. The lowest BCUT2D eigenvalue weighted by molar-refractivity contribution is -0.903. The van der Waals surface area contributed by atoms with Crippen LogP contribution in [0.1, 0.15) is 18.9 Å². The van der Waals surface area contributed by atoms with Crippen LogP contribution in [-0.4, -0.2) is 55.3 Å². The Morgan fingerprint density at radius 3 is 2.88 bits per heavy atom. The highest BCUT2D eigenvalue weighted by atomic mass is 32.2. The number of para-hydroxylation sites is 1. The summed E-state index contributed by atoms with van der Waals surface area (Å²) in [7, 11) is 0. The Labute approximate surface area is 158 Å². The Morgan fingerprint density at radius 2 is 2.15 bits per heavy atom. The molecule has 6 nitrogen and oxygen atoms in total. The third kappa shape index (κ3) is 4.45. The van der Waals surface area contributed by atoms with E-state index in [0.717, 1.165) is 49.2 Å². The van der Waals surface area contributed by atoms with E-state index in [-0.39, 0.29) is 5.91 Å². The summed E-state index contributed by atoms with van der Waals surface area (Å²) in [6.07, 6.45) is 2.46. The summed E-state index contributed by atoms with van der Waals surface area (Å²) in [6, 6.07) is 9.92. The lowest BCUT2D eigenvalue weighted by Gasteiger charge is -2.32. The van der Waals surface area contributed by atoms with Crippen LogP contribution in [0.2, 0.25) is 0 Å². The molecule has 0 atom stereocenters. The maximum absolute atomic E-state index is 12.3. The molecule has 0 spiro atoms. The van der Waals surface area contributed by atoms with E-state index in [0.29, 0.717) is 17.9 Å². The monoisotopic (exact) mass is 371 g/mol. The quantitative estimate of drug-likeness (QED) is 0.787. The number of amidine groups is 1. The molecular formula is C19H23N4O2S+. The van der Waals surface area contributed by atoms with Crippen LogP contribution < -0.4 is 9.64 Å². The number of quaternary nitrogens is 1. The largest absolute Gasteiger partial charge is 0.493 e. The van der Waals surface area contributed by atoms with Crippen LogP contribution in [0.4, 0.5) is 0 Å². The van der Waals surface area contributed by atoms with Gasteiger partial charge in [-0.3, -0.25) is 4.79 Å². The van der Waals surface area contributed by atoms with E-state index in [2.05, 4.69) is 16.0 Å². The van der Waals surface area contributed by atoms with Gasteiger partial charge in [-0.15, -0.1) is 0 Å². The molecule has 7 heteroatoms. The molecule has 1 N–H and O–H groups in total. The van der Waals surface area contributed by atoms with Gasteiger partial charge in [0.25, 0.3) is 5.91 Å². The van der Waals surface area contributed by atoms with Gasteiger partial charge in [0.15, 0.2) is 5.17 Å².